The first-order valence-corrected chi connectivity index (χ1v) is 5.59. The number of nitrogens with zero attached hydrogens (tertiary/aromatic N) is 2. The minimum atomic E-state index is -1.27. The van der Waals surface area contributed by atoms with E-state index in [0.29, 0.717) is 13.0 Å². The number of nitrogens with one attached hydrogen (secondary N) is 1. The van der Waals surface area contributed by atoms with Gasteiger partial charge in [0, 0.05) is 25.8 Å². The highest BCUT2D eigenvalue weighted by molar-refractivity contribution is 5.93. The van der Waals surface area contributed by atoms with E-state index in [-0.39, 0.29) is 23.1 Å². The third-order valence-corrected chi connectivity index (χ3v) is 2.45. The minimum absolute atomic E-state index is 0.0630. The molecular weight excluding hydrogens is 254 g/mol. The smallest absolute Gasteiger partial charge is 0.339 e. The number of hydrogen-bond donors (Lipinski definition) is 2. The second-order valence-electron chi connectivity index (χ2n) is 3.98. The van der Waals surface area contributed by atoms with Crippen molar-refractivity contribution in [3.63, 3.8) is 0 Å². The van der Waals surface area contributed by atoms with Gasteiger partial charge >= 0.3 is 5.97 Å². The molecule has 0 aliphatic rings. The summed E-state index contributed by atoms with van der Waals surface area (Å²) in [6, 6.07) is 0.924. The molecule has 19 heavy (non-hydrogen) atoms. The van der Waals surface area contributed by atoms with Crippen LogP contribution in [0.3, 0.4) is 0 Å². The number of nitro groups is 1. The third-order valence-electron chi connectivity index (χ3n) is 2.45. The Kier molecular flexibility index (Phi) is 5.19. The molecule has 0 spiro atoms. The molecule has 1 rings (SSSR count). The van der Waals surface area contributed by atoms with Gasteiger partial charge in [-0.25, -0.2) is 9.78 Å². The zero-order valence-electron chi connectivity index (χ0n) is 10.6. The number of ether oxygens (including phenoxy) is 1. The van der Waals surface area contributed by atoms with Crippen LogP contribution in [0.15, 0.2) is 12.3 Å². The van der Waals surface area contributed by atoms with Crippen LogP contribution in [-0.4, -0.2) is 40.7 Å². The second-order valence-corrected chi connectivity index (χ2v) is 3.98. The number of carboxylic acid groups (broad SMARTS) is 1. The second kappa shape index (κ2) is 6.64. The summed E-state index contributed by atoms with van der Waals surface area (Å²) in [5, 5.41) is 22.5. The monoisotopic (exact) mass is 269 g/mol. The van der Waals surface area contributed by atoms with Gasteiger partial charge in [0.15, 0.2) is 0 Å². The van der Waals surface area contributed by atoms with Crippen molar-refractivity contribution in [2.75, 3.05) is 19.0 Å². The Morgan fingerprint density at radius 1 is 1.68 bits per heavy atom. The molecule has 104 valence electrons. The SMILES string of the molecule is COCCC(C)Nc1ncc([N+](=O)[O-])cc1C(=O)O. The van der Waals surface area contributed by atoms with Crippen molar-refractivity contribution in [2.24, 2.45) is 0 Å². The number of hydrogen-bond acceptors (Lipinski definition) is 6. The Labute approximate surface area is 109 Å². The Morgan fingerprint density at radius 2 is 2.37 bits per heavy atom. The van der Waals surface area contributed by atoms with Crippen molar-refractivity contribution in [3.8, 4) is 0 Å². The molecule has 1 aromatic rings. The zero-order chi connectivity index (χ0) is 14.4. The van der Waals surface area contributed by atoms with Gasteiger partial charge in [-0.3, -0.25) is 10.1 Å². The summed E-state index contributed by atoms with van der Waals surface area (Å²) >= 11 is 0. The molecule has 0 fully saturated rings. The standard InChI is InChI=1S/C11H15N3O5/c1-7(3-4-19-2)13-10-9(11(15)16)5-8(6-12-10)14(17)18/h5-7H,3-4H2,1-2H3,(H,12,13)(H,15,16). The number of methoxy groups -OCH3 is 1. The van der Waals surface area contributed by atoms with Crippen molar-refractivity contribution in [3.05, 3.63) is 27.9 Å². The maximum Gasteiger partial charge on any atom is 0.339 e. The van der Waals surface area contributed by atoms with Crippen LogP contribution in [0.1, 0.15) is 23.7 Å². The van der Waals surface area contributed by atoms with Crippen LogP contribution in [0, 0.1) is 10.1 Å². The largest absolute Gasteiger partial charge is 0.478 e. The van der Waals surface area contributed by atoms with E-state index in [4.69, 9.17) is 9.84 Å². The normalized spacial score (nSPS) is 11.9. The van der Waals surface area contributed by atoms with E-state index in [2.05, 4.69) is 10.3 Å². The lowest BCUT2D eigenvalue weighted by Crippen LogP contribution is -2.20. The van der Waals surface area contributed by atoms with Crippen LogP contribution in [-0.2, 0) is 4.74 Å². The van der Waals surface area contributed by atoms with Gasteiger partial charge in [0.1, 0.15) is 17.6 Å². The lowest BCUT2D eigenvalue weighted by molar-refractivity contribution is -0.385. The Bertz CT molecular complexity index is 477. The summed E-state index contributed by atoms with van der Waals surface area (Å²) in [6.45, 7) is 2.36. The van der Waals surface area contributed by atoms with E-state index in [1.807, 2.05) is 6.92 Å². The molecule has 1 heterocycles. The van der Waals surface area contributed by atoms with E-state index in [1.54, 1.807) is 7.11 Å². The van der Waals surface area contributed by atoms with Crippen LogP contribution < -0.4 is 5.32 Å². The zero-order valence-corrected chi connectivity index (χ0v) is 10.6. The molecule has 0 saturated heterocycles. The first kappa shape index (κ1) is 14.8. The number of rotatable bonds is 7. The number of carboxylic acids is 1. The maximum absolute atomic E-state index is 11.1. The van der Waals surface area contributed by atoms with E-state index in [1.165, 1.54) is 0 Å². The Balaban J connectivity index is 2.94. The lowest BCUT2D eigenvalue weighted by atomic mass is 10.2. The Hall–Kier alpha value is -2.22. The highest BCUT2D eigenvalue weighted by Crippen LogP contribution is 2.20. The quantitative estimate of drug-likeness (QED) is 0.569. The molecule has 0 saturated carbocycles. The van der Waals surface area contributed by atoms with Crippen LogP contribution in [0.25, 0.3) is 0 Å². The minimum Gasteiger partial charge on any atom is -0.478 e. The highest BCUT2D eigenvalue weighted by atomic mass is 16.6. The van der Waals surface area contributed by atoms with Crippen LogP contribution in [0.5, 0.6) is 0 Å². The van der Waals surface area contributed by atoms with E-state index < -0.39 is 10.9 Å². The van der Waals surface area contributed by atoms with Gasteiger partial charge in [-0.1, -0.05) is 0 Å². The fourth-order valence-electron chi connectivity index (χ4n) is 1.43. The first-order valence-electron chi connectivity index (χ1n) is 5.59. The third kappa shape index (κ3) is 4.18. The van der Waals surface area contributed by atoms with E-state index >= 15 is 0 Å². The van der Waals surface area contributed by atoms with Gasteiger partial charge in [-0.05, 0) is 13.3 Å². The summed E-state index contributed by atoms with van der Waals surface area (Å²) in [5.41, 5.74) is -0.578. The predicted molar refractivity (Wildman–Crippen MR) is 67.4 cm³/mol. The average Bonchev–Trinajstić information content (AvgIpc) is 2.36. The van der Waals surface area contributed by atoms with Gasteiger partial charge in [0.2, 0.25) is 0 Å². The van der Waals surface area contributed by atoms with Crippen LogP contribution in [0.2, 0.25) is 0 Å². The summed E-state index contributed by atoms with van der Waals surface area (Å²) in [6.07, 6.45) is 1.69. The molecule has 0 aliphatic carbocycles. The number of anilines is 1. The van der Waals surface area contributed by atoms with Crippen LogP contribution in [0.4, 0.5) is 11.5 Å². The molecule has 2 N–H and O–H groups in total. The van der Waals surface area contributed by atoms with E-state index in [0.717, 1.165) is 12.3 Å². The number of carbonyl (C=O) groups is 1. The van der Waals surface area contributed by atoms with Crippen LogP contribution >= 0.6 is 0 Å². The molecule has 0 amide bonds. The van der Waals surface area contributed by atoms with Crippen molar-refractivity contribution >= 4 is 17.5 Å². The molecular formula is C11H15N3O5. The van der Waals surface area contributed by atoms with Crippen molar-refractivity contribution in [1.29, 1.82) is 0 Å². The van der Waals surface area contributed by atoms with Gasteiger partial charge in [0.05, 0.1) is 4.92 Å². The number of pyridine rings is 1. The molecule has 8 nitrogen and oxygen atoms in total. The first-order chi connectivity index (χ1) is 8.95. The summed E-state index contributed by atoms with van der Waals surface area (Å²) in [7, 11) is 1.57. The molecule has 0 aromatic carbocycles. The molecule has 0 radical (unpaired) electrons. The molecule has 0 bridgehead atoms. The lowest BCUT2D eigenvalue weighted by Gasteiger charge is -2.15. The summed E-state index contributed by atoms with van der Waals surface area (Å²) in [5.74, 6) is -1.15. The fraction of sp³-hybridized carbons (Fsp3) is 0.455. The molecule has 1 atom stereocenters. The summed E-state index contributed by atoms with van der Waals surface area (Å²) < 4.78 is 4.91. The van der Waals surface area contributed by atoms with Crippen molar-refractivity contribution in [2.45, 2.75) is 19.4 Å². The van der Waals surface area contributed by atoms with Gasteiger partial charge in [-0.15, -0.1) is 0 Å². The maximum atomic E-state index is 11.1. The fourth-order valence-corrected chi connectivity index (χ4v) is 1.43. The Morgan fingerprint density at radius 3 is 2.89 bits per heavy atom. The van der Waals surface area contributed by atoms with Crippen molar-refractivity contribution in [1.82, 2.24) is 4.98 Å². The van der Waals surface area contributed by atoms with Gasteiger partial charge in [-0.2, -0.15) is 0 Å². The molecule has 1 aromatic heterocycles. The van der Waals surface area contributed by atoms with Gasteiger partial charge < -0.3 is 15.2 Å². The molecule has 8 heteroatoms. The van der Waals surface area contributed by atoms with E-state index in [9.17, 15) is 14.9 Å². The molecule has 1 unspecified atom stereocenters. The predicted octanol–water partition coefficient (Wildman–Crippen LogP) is 1.52. The van der Waals surface area contributed by atoms with Gasteiger partial charge in [0.25, 0.3) is 5.69 Å². The molecule has 0 aliphatic heterocycles. The van der Waals surface area contributed by atoms with Crippen molar-refractivity contribution < 1.29 is 19.6 Å². The average molecular weight is 269 g/mol. The topological polar surface area (TPSA) is 115 Å². The summed E-state index contributed by atoms with van der Waals surface area (Å²) in [4.78, 5) is 24.8. The number of aromatic nitrogens is 1. The number of aromatic carboxylic acids is 1. The highest BCUT2D eigenvalue weighted by Gasteiger charge is 2.18.